The number of hydrogen-bond acceptors (Lipinski definition) is 4. The van der Waals surface area contributed by atoms with E-state index in [0.717, 1.165) is 16.2 Å². The molecule has 1 aromatic carbocycles. The van der Waals surface area contributed by atoms with Crippen molar-refractivity contribution in [3.05, 3.63) is 29.8 Å². The molecular weight excluding hydrogens is 258 g/mol. The molecule has 0 unspecified atom stereocenters. The first-order valence-corrected chi connectivity index (χ1v) is 6.47. The van der Waals surface area contributed by atoms with E-state index in [1.165, 1.54) is 6.92 Å². The minimum atomic E-state index is -0.406. The van der Waals surface area contributed by atoms with Crippen molar-refractivity contribution in [1.29, 1.82) is 0 Å². The van der Waals surface area contributed by atoms with E-state index in [4.69, 9.17) is 10.5 Å². The molecule has 0 aliphatic heterocycles. The molecule has 3 amide bonds. The van der Waals surface area contributed by atoms with E-state index in [2.05, 4.69) is 5.32 Å². The van der Waals surface area contributed by atoms with Gasteiger partial charge in [0.05, 0.1) is 7.11 Å². The Kier molecular flexibility index (Phi) is 6.52. The van der Waals surface area contributed by atoms with E-state index in [1.54, 1.807) is 7.11 Å². The Morgan fingerprint density at radius 3 is 2.45 bits per heavy atom. The van der Waals surface area contributed by atoms with Gasteiger partial charge in [0.2, 0.25) is 5.91 Å². The van der Waals surface area contributed by atoms with Gasteiger partial charge < -0.3 is 15.8 Å². The van der Waals surface area contributed by atoms with Gasteiger partial charge in [-0.1, -0.05) is 12.1 Å². The van der Waals surface area contributed by atoms with Gasteiger partial charge in [0.25, 0.3) is 0 Å². The molecule has 0 atom stereocenters. The van der Waals surface area contributed by atoms with Crippen LogP contribution < -0.4 is 15.8 Å². The van der Waals surface area contributed by atoms with Crippen LogP contribution in [0.1, 0.15) is 12.5 Å². The van der Waals surface area contributed by atoms with Gasteiger partial charge in [0, 0.05) is 26.6 Å². The van der Waals surface area contributed by atoms with Crippen molar-refractivity contribution in [3.8, 4) is 5.75 Å². The van der Waals surface area contributed by atoms with Crippen molar-refractivity contribution in [2.75, 3.05) is 26.7 Å². The summed E-state index contributed by atoms with van der Waals surface area (Å²) >= 11 is 0. The van der Waals surface area contributed by atoms with Crippen molar-refractivity contribution >= 4 is 11.9 Å². The molecule has 0 aliphatic carbocycles. The van der Waals surface area contributed by atoms with Gasteiger partial charge in [0.15, 0.2) is 0 Å². The molecule has 20 heavy (non-hydrogen) atoms. The Hall–Kier alpha value is -2.08. The van der Waals surface area contributed by atoms with Gasteiger partial charge in [-0.05, 0) is 24.1 Å². The monoisotopic (exact) mass is 279 g/mol. The third-order valence-electron chi connectivity index (χ3n) is 2.83. The largest absolute Gasteiger partial charge is 0.497 e. The van der Waals surface area contributed by atoms with Crippen molar-refractivity contribution in [2.45, 2.75) is 13.3 Å². The minimum Gasteiger partial charge on any atom is -0.497 e. The third kappa shape index (κ3) is 4.89. The van der Waals surface area contributed by atoms with Crippen LogP contribution in [0.5, 0.6) is 5.75 Å². The number of carbonyl (C=O) groups excluding carboxylic acids is 2. The van der Waals surface area contributed by atoms with Gasteiger partial charge in [-0.3, -0.25) is 9.69 Å². The number of methoxy groups -OCH3 is 1. The zero-order chi connectivity index (χ0) is 15.0. The van der Waals surface area contributed by atoms with Gasteiger partial charge in [-0.25, -0.2) is 4.79 Å². The Morgan fingerprint density at radius 2 is 1.95 bits per heavy atom. The summed E-state index contributed by atoms with van der Waals surface area (Å²) in [6.07, 6.45) is 0.685. The minimum absolute atomic E-state index is 0.226. The number of nitrogens with two attached hydrogens (primary N) is 1. The zero-order valence-electron chi connectivity index (χ0n) is 11.9. The lowest BCUT2D eigenvalue weighted by Gasteiger charge is -2.18. The van der Waals surface area contributed by atoms with Crippen molar-refractivity contribution in [1.82, 2.24) is 10.2 Å². The van der Waals surface area contributed by atoms with E-state index >= 15 is 0 Å². The molecule has 110 valence electrons. The number of imide groups is 1. The molecule has 0 heterocycles. The number of rotatable bonds is 6. The fourth-order valence-electron chi connectivity index (χ4n) is 1.73. The Balaban J connectivity index is 2.42. The summed E-state index contributed by atoms with van der Waals surface area (Å²) in [5.74, 6) is 0.487. The topological polar surface area (TPSA) is 84.7 Å². The second-order valence-electron chi connectivity index (χ2n) is 4.29. The lowest BCUT2D eigenvalue weighted by atomic mass is 10.1. The van der Waals surface area contributed by atoms with E-state index in [-0.39, 0.29) is 19.0 Å². The van der Waals surface area contributed by atoms with E-state index in [9.17, 15) is 9.59 Å². The molecule has 1 aromatic rings. The molecule has 6 heteroatoms. The van der Waals surface area contributed by atoms with Crippen molar-refractivity contribution in [3.63, 3.8) is 0 Å². The third-order valence-corrected chi connectivity index (χ3v) is 2.83. The van der Waals surface area contributed by atoms with Crippen LogP contribution in [0.4, 0.5) is 4.79 Å². The maximum absolute atomic E-state index is 11.8. The highest BCUT2D eigenvalue weighted by Gasteiger charge is 2.15. The fourth-order valence-corrected chi connectivity index (χ4v) is 1.73. The molecule has 0 saturated heterocycles. The van der Waals surface area contributed by atoms with Crippen LogP contribution in [0.3, 0.4) is 0 Å². The van der Waals surface area contributed by atoms with Gasteiger partial charge in [0.1, 0.15) is 5.75 Å². The SMILES string of the molecule is COc1ccc(CCNC(=O)N(CCN)C(C)=O)cc1. The van der Waals surface area contributed by atoms with Gasteiger partial charge in [-0.15, -0.1) is 0 Å². The molecule has 6 nitrogen and oxygen atoms in total. The summed E-state index contributed by atoms with van der Waals surface area (Å²) in [6.45, 7) is 2.29. The average molecular weight is 279 g/mol. The van der Waals surface area contributed by atoms with Crippen LogP contribution in [0.15, 0.2) is 24.3 Å². The van der Waals surface area contributed by atoms with Crippen LogP contribution >= 0.6 is 0 Å². The lowest BCUT2D eigenvalue weighted by Crippen LogP contribution is -2.45. The van der Waals surface area contributed by atoms with Gasteiger partial charge in [-0.2, -0.15) is 0 Å². The first kappa shape index (κ1) is 16.0. The molecule has 0 aliphatic rings. The first-order chi connectivity index (χ1) is 9.58. The molecule has 1 rings (SSSR count). The zero-order valence-corrected chi connectivity index (χ0v) is 11.9. The number of hydrogen-bond donors (Lipinski definition) is 2. The van der Waals surface area contributed by atoms with Crippen LogP contribution in [0.25, 0.3) is 0 Å². The van der Waals surface area contributed by atoms with Crippen molar-refractivity contribution < 1.29 is 14.3 Å². The van der Waals surface area contributed by atoms with Crippen molar-refractivity contribution in [2.24, 2.45) is 5.73 Å². The highest BCUT2D eigenvalue weighted by atomic mass is 16.5. The standard InChI is InChI=1S/C14H21N3O3/c1-11(18)17(10-8-15)14(19)16-9-7-12-3-5-13(20-2)6-4-12/h3-6H,7-10,15H2,1-2H3,(H,16,19). The normalized spacial score (nSPS) is 9.95. The summed E-state index contributed by atoms with van der Waals surface area (Å²) in [5, 5.41) is 2.71. The number of benzene rings is 1. The number of carbonyl (C=O) groups is 2. The maximum Gasteiger partial charge on any atom is 0.324 e. The maximum atomic E-state index is 11.8. The highest BCUT2D eigenvalue weighted by molar-refractivity contribution is 5.93. The van der Waals surface area contributed by atoms with Crippen LogP contribution in [-0.2, 0) is 11.2 Å². The Bertz CT molecular complexity index is 445. The molecule has 0 fully saturated rings. The molecule has 0 saturated carbocycles. The summed E-state index contributed by atoms with van der Waals surface area (Å²) < 4.78 is 5.07. The number of nitrogens with zero attached hydrogens (tertiary/aromatic N) is 1. The summed E-state index contributed by atoms with van der Waals surface area (Å²) in [7, 11) is 1.61. The summed E-state index contributed by atoms with van der Waals surface area (Å²) in [4.78, 5) is 24.2. The summed E-state index contributed by atoms with van der Waals surface area (Å²) in [6, 6.07) is 7.21. The van der Waals surface area contributed by atoms with E-state index in [0.29, 0.717) is 13.0 Å². The molecule has 0 aromatic heterocycles. The number of ether oxygens (including phenoxy) is 1. The van der Waals surface area contributed by atoms with Crippen LogP contribution in [-0.4, -0.2) is 43.6 Å². The first-order valence-electron chi connectivity index (χ1n) is 6.47. The lowest BCUT2D eigenvalue weighted by molar-refractivity contribution is -0.125. The van der Waals surface area contributed by atoms with Crippen LogP contribution in [0.2, 0.25) is 0 Å². The number of amides is 3. The Labute approximate surface area is 118 Å². The summed E-state index contributed by atoms with van der Waals surface area (Å²) in [5.41, 5.74) is 6.45. The van der Waals surface area contributed by atoms with E-state index < -0.39 is 6.03 Å². The number of nitrogens with one attached hydrogen (secondary N) is 1. The van der Waals surface area contributed by atoms with Gasteiger partial charge >= 0.3 is 6.03 Å². The molecule has 0 spiro atoms. The quantitative estimate of drug-likeness (QED) is 0.805. The average Bonchev–Trinajstić information content (AvgIpc) is 2.45. The van der Waals surface area contributed by atoms with Crippen LogP contribution in [0, 0.1) is 0 Å². The van der Waals surface area contributed by atoms with E-state index in [1.807, 2.05) is 24.3 Å². The molecule has 3 N–H and O–H groups in total. The molecule has 0 bridgehead atoms. The smallest absolute Gasteiger partial charge is 0.324 e. The fraction of sp³-hybridized carbons (Fsp3) is 0.429. The molecule has 0 radical (unpaired) electrons. The predicted octanol–water partition coefficient (Wildman–Crippen LogP) is 0.755. The Morgan fingerprint density at radius 1 is 1.30 bits per heavy atom. The molecular formula is C14H21N3O3. The highest BCUT2D eigenvalue weighted by Crippen LogP contribution is 2.11. The second-order valence-corrected chi connectivity index (χ2v) is 4.29. The number of urea groups is 1. The second kappa shape index (κ2) is 8.16. The predicted molar refractivity (Wildman–Crippen MR) is 76.5 cm³/mol.